The standard InChI is InChI=1S/C27H29FN6O3/c1-16-5-6-17-12-19(28)7-10-24(17)34(16)25(26-30-31-32-33(26)15-21-4-3-11-37-21)22-14-18-13-20(36-2)8-9-23(18)29-27(22)35/h7-10,12-14,16,21,25H,3-6,11,15H2,1-2H3,(H,29,35)/t16-,21-,25-/m1/s1. The van der Waals surface area contributed by atoms with Gasteiger partial charge >= 0.3 is 0 Å². The van der Waals surface area contributed by atoms with E-state index in [-0.39, 0.29) is 23.5 Å². The molecule has 0 bridgehead atoms. The Morgan fingerprint density at radius 3 is 2.92 bits per heavy atom. The molecule has 0 aliphatic carbocycles. The van der Waals surface area contributed by atoms with E-state index in [2.05, 4.69) is 32.3 Å². The minimum atomic E-state index is -0.602. The van der Waals surface area contributed by atoms with Crippen molar-refractivity contribution in [2.75, 3.05) is 18.6 Å². The van der Waals surface area contributed by atoms with E-state index in [0.29, 0.717) is 29.2 Å². The van der Waals surface area contributed by atoms with Gasteiger partial charge in [0.15, 0.2) is 5.82 Å². The zero-order valence-electron chi connectivity index (χ0n) is 20.9. The fourth-order valence-corrected chi connectivity index (χ4v) is 5.60. The molecular weight excluding hydrogens is 475 g/mol. The highest BCUT2D eigenvalue weighted by Crippen LogP contribution is 2.40. The van der Waals surface area contributed by atoms with Crippen LogP contribution in [0.2, 0.25) is 0 Å². The van der Waals surface area contributed by atoms with Crippen molar-refractivity contribution >= 4 is 16.6 Å². The Labute approximate surface area is 213 Å². The lowest BCUT2D eigenvalue weighted by Gasteiger charge is -2.42. The third kappa shape index (κ3) is 4.35. The van der Waals surface area contributed by atoms with Gasteiger partial charge in [0.1, 0.15) is 17.6 Å². The molecule has 192 valence electrons. The molecule has 1 fully saturated rings. The number of ether oxygens (including phenoxy) is 2. The predicted molar refractivity (Wildman–Crippen MR) is 136 cm³/mol. The van der Waals surface area contributed by atoms with Gasteiger partial charge < -0.3 is 19.4 Å². The molecule has 0 saturated carbocycles. The smallest absolute Gasteiger partial charge is 0.254 e. The highest BCUT2D eigenvalue weighted by molar-refractivity contribution is 5.81. The van der Waals surface area contributed by atoms with Gasteiger partial charge in [0.2, 0.25) is 0 Å². The molecule has 4 aromatic rings. The Morgan fingerprint density at radius 1 is 1.22 bits per heavy atom. The number of aromatic amines is 1. The molecular formula is C27H29FN6O3. The molecule has 37 heavy (non-hydrogen) atoms. The van der Waals surface area contributed by atoms with Gasteiger partial charge in [0.25, 0.3) is 5.56 Å². The van der Waals surface area contributed by atoms with Crippen LogP contribution in [-0.2, 0) is 17.7 Å². The number of tetrazole rings is 1. The summed E-state index contributed by atoms with van der Waals surface area (Å²) >= 11 is 0. The fourth-order valence-electron chi connectivity index (χ4n) is 5.60. The fraction of sp³-hybridized carbons (Fsp3) is 0.407. The number of benzene rings is 2. The summed E-state index contributed by atoms with van der Waals surface area (Å²) in [5, 5.41) is 13.6. The summed E-state index contributed by atoms with van der Waals surface area (Å²) in [6.45, 7) is 3.34. The molecule has 2 aromatic carbocycles. The van der Waals surface area contributed by atoms with Crippen LogP contribution in [0, 0.1) is 5.82 Å². The molecule has 2 aliphatic rings. The SMILES string of the molecule is COc1ccc2[nH]c(=O)c([C@H](c3nnnn3C[C@H]3CCCO3)N3c4ccc(F)cc4CC[C@H]3C)cc2c1. The van der Waals surface area contributed by atoms with E-state index < -0.39 is 6.04 Å². The second-order valence-electron chi connectivity index (χ2n) is 9.83. The topological polar surface area (TPSA) is 98.2 Å². The van der Waals surface area contributed by atoms with Crippen LogP contribution < -0.4 is 15.2 Å². The van der Waals surface area contributed by atoms with Crippen molar-refractivity contribution in [1.82, 2.24) is 25.2 Å². The van der Waals surface area contributed by atoms with Crippen molar-refractivity contribution < 1.29 is 13.9 Å². The van der Waals surface area contributed by atoms with Crippen molar-refractivity contribution in [3.05, 3.63) is 75.6 Å². The molecule has 1 N–H and O–H groups in total. The summed E-state index contributed by atoms with van der Waals surface area (Å²) in [4.78, 5) is 18.8. The number of rotatable bonds is 6. The van der Waals surface area contributed by atoms with E-state index in [1.165, 1.54) is 6.07 Å². The molecule has 0 spiro atoms. The van der Waals surface area contributed by atoms with Gasteiger partial charge in [-0.2, -0.15) is 0 Å². The van der Waals surface area contributed by atoms with Gasteiger partial charge in [-0.15, -0.1) is 5.10 Å². The van der Waals surface area contributed by atoms with Crippen LogP contribution in [0.3, 0.4) is 0 Å². The van der Waals surface area contributed by atoms with Crippen LogP contribution in [0.25, 0.3) is 10.9 Å². The molecule has 6 rings (SSSR count). The van der Waals surface area contributed by atoms with Gasteiger partial charge in [0, 0.05) is 34.8 Å². The quantitative estimate of drug-likeness (QED) is 0.427. The Balaban J connectivity index is 1.55. The van der Waals surface area contributed by atoms with Crippen molar-refractivity contribution in [1.29, 1.82) is 0 Å². The molecule has 0 radical (unpaired) electrons. The number of pyridine rings is 1. The second kappa shape index (κ2) is 9.59. The number of aryl methyl sites for hydroxylation is 1. The van der Waals surface area contributed by atoms with E-state index in [4.69, 9.17) is 9.47 Å². The van der Waals surface area contributed by atoms with Crippen molar-refractivity contribution in [3.63, 3.8) is 0 Å². The Morgan fingerprint density at radius 2 is 2.11 bits per heavy atom. The maximum Gasteiger partial charge on any atom is 0.254 e. The average Bonchev–Trinajstić information content (AvgIpc) is 3.58. The van der Waals surface area contributed by atoms with Crippen LogP contribution in [0.15, 0.2) is 47.3 Å². The maximum absolute atomic E-state index is 14.2. The molecule has 0 amide bonds. The number of hydrogen-bond acceptors (Lipinski definition) is 7. The summed E-state index contributed by atoms with van der Waals surface area (Å²) in [7, 11) is 1.61. The molecule has 1 saturated heterocycles. The first-order valence-electron chi connectivity index (χ1n) is 12.7. The number of nitrogens with one attached hydrogen (secondary N) is 1. The lowest BCUT2D eigenvalue weighted by atomic mass is 9.92. The zero-order chi connectivity index (χ0) is 25.5. The van der Waals surface area contributed by atoms with Crippen LogP contribution in [0.4, 0.5) is 10.1 Å². The molecule has 2 aliphatic heterocycles. The number of H-pyrrole nitrogens is 1. The van der Waals surface area contributed by atoms with Crippen LogP contribution in [-0.4, -0.2) is 51.1 Å². The van der Waals surface area contributed by atoms with Gasteiger partial charge in [0.05, 0.1) is 19.8 Å². The maximum atomic E-state index is 14.2. The molecule has 10 heteroatoms. The number of fused-ring (bicyclic) bond motifs is 2. The van der Waals surface area contributed by atoms with Crippen molar-refractivity contribution in [2.24, 2.45) is 0 Å². The number of methoxy groups -OCH3 is 1. The third-order valence-corrected chi connectivity index (χ3v) is 7.48. The summed E-state index contributed by atoms with van der Waals surface area (Å²) in [6, 6.07) is 11.7. The predicted octanol–water partition coefficient (Wildman–Crippen LogP) is 3.77. The van der Waals surface area contributed by atoms with Crippen LogP contribution in [0.5, 0.6) is 5.75 Å². The first kappa shape index (κ1) is 23.6. The Kier molecular flexibility index (Phi) is 6.11. The zero-order valence-corrected chi connectivity index (χ0v) is 20.9. The number of anilines is 1. The number of halogens is 1. The Bertz CT molecular complexity index is 1500. The molecule has 3 atom stereocenters. The van der Waals surface area contributed by atoms with E-state index in [0.717, 1.165) is 48.9 Å². The number of aromatic nitrogens is 5. The van der Waals surface area contributed by atoms with Crippen LogP contribution in [0.1, 0.15) is 49.2 Å². The first-order valence-corrected chi connectivity index (χ1v) is 12.7. The monoisotopic (exact) mass is 504 g/mol. The van der Waals surface area contributed by atoms with Crippen molar-refractivity contribution in [3.8, 4) is 5.75 Å². The largest absolute Gasteiger partial charge is 0.497 e. The van der Waals surface area contributed by atoms with E-state index in [9.17, 15) is 9.18 Å². The molecule has 4 heterocycles. The number of hydrogen-bond donors (Lipinski definition) is 1. The number of nitrogens with zero attached hydrogens (tertiary/aromatic N) is 5. The summed E-state index contributed by atoms with van der Waals surface area (Å²) in [6.07, 6.45) is 3.51. The molecule has 2 aromatic heterocycles. The summed E-state index contributed by atoms with van der Waals surface area (Å²) in [5.41, 5.74) is 2.77. The van der Waals surface area contributed by atoms with Crippen molar-refractivity contribution in [2.45, 2.75) is 57.3 Å². The first-order chi connectivity index (χ1) is 18.0. The van der Waals surface area contributed by atoms with E-state index >= 15 is 0 Å². The highest BCUT2D eigenvalue weighted by atomic mass is 19.1. The molecule has 0 unspecified atom stereocenters. The third-order valence-electron chi connectivity index (χ3n) is 7.48. The van der Waals surface area contributed by atoms with Gasteiger partial charge in [-0.25, -0.2) is 9.07 Å². The highest BCUT2D eigenvalue weighted by Gasteiger charge is 2.37. The Hall–Kier alpha value is -3.79. The lowest BCUT2D eigenvalue weighted by molar-refractivity contribution is 0.0924. The average molecular weight is 505 g/mol. The lowest BCUT2D eigenvalue weighted by Crippen LogP contribution is -2.44. The van der Waals surface area contributed by atoms with E-state index in [1.807, 2.05) is 24.3 Å². The van der Waals surface area contributed by atoms with Gasteiger partial charge in [-0.1, -0.05) is 0 Å². The van der Waals surface area contributed by atoms with Gasteiger partial charge in [-0.05, 0) is 91.1 Å². The second-order valence-corrected chi connectivity index (χ2v) is 9.83. The van der Waals surface area contributed by atoms with Crippen LogP contribution >= 0.6 is 0 Å². The normalized spacial score (nSPS) is 20.2. The minimum absolute atomic E-state index is 0.0159. The van der Waals surface area contributed by atoms with Gasteiger partial charge in [-0.3, -0.25) is 4.79 Å². The minimum Gasteiger partial charge on any atom is -0.497 e. The summed E-state index contributed by atoms with van der Waals surface area (Å²) < 4.78 is 27.2. The molecule has 9 nitrogen and oxygen atoms in total. The van der Waals surface area contributed by atoms with E-state index in [1.54, 1.807) is 23.9 Å². The summed E-state index contributed by atoms with van der Waals surface area (Å²) in [5.74, 6) is 0.966.